The van der Waals surface area contributed by atoms with Crippen molar-refractivity contribution < 1.29 is 19.4 Å². The van der Waals surface area contributed by atoms with Gasteiger partial charge in [-0.3, -0.25) is 4.79 Å². The lowest BCUT2D eigenvalue weighted by Crippen LogP contribution is -2.14. The van der Waals surface area contributed by atoms with Crippen LogP contribution in [0.2, 0.25) is 0 Å². The predicted octanol–water partition coefficient (Wildman–Crippen LogP) is 2.51. The number of benzene rings is 1. The molecule has 0 fully saturated rings. The zero-order chi connectivity index (χ0) is 13.5. The van der Waals surface area contributed by atoms with Crippen LogP contribution in [-0.4, -0.2) is 30.2 Å². The Bertz CT molecular complexity index is 448. The Balaban J connectivity index is 2.66. The van der Waals surface area contributed by atoms with Crippen molar-refractivity contribution in [2.24, 2.45) is 0 Å². The molecule has 5 nitrogen and oxygen atoms in total. The first-order valence-electron chi connectivity index (χ1n) is 5.44. The van der Waals surface area contributed by atoms with Crippen LogP contribution in [0.15, 0.2) is 22.7 Å². The molecular weight excluding hydrogens is 302 g/mol. The molecule has 0 bridgehead atoms. The number of hydrogen-bond acceptors (Lipinski definition) is 3. The topological polar surface area (TPSA) is 75.6 Å². The molecule has 1 rings (SSSR count). The summed E-state index contributed by atoms with van der Waals surface area (Å²) in [6.45, 7) is 2.76. The van der Waals surface area contributed by atoms with Crippen LogP contribution in [0, 0.1) is 0 Å². The van der Waals surface area contributed by atoms with E-state index in [-0.39, 0.29) is 17.9 Å². The van der Waals surface area contributed by atoms with Gasteiger partial charge in [0.15, 0.2) is 0 Å². The van der Waals surface area contributed by atoms with Crippen LogP contribution in [0.3, 0.4) is 0 Å². The Morgan fingerprint density at radius 2 is 2.11 bits per heavy atom. The van der Waals surface area contributed by atoms with Crippen LogP contribution in [0.4, 0.5) is 5.69 Å². The van der Waals surface area contributed by atoms with Gasteiger partial charge in [0.2, 0.25) is 5.91 Å². The molecule has 0 aliphatic rings. The summed E-state index contributed by atoms with van der Waals surface area (Å²) in [6.07, 6.45) is 0.239. The van der Waals surface area contributed by atoms with Crippen molar-refractivity contribution in [2.45, 2.75) is 13.3 Å². The summed E-state index contributed by atoms with van der Waals surface area (Å²) in [5.74, 6) is -1.25. The fourth-order valence-electron chi connectivity index (χ4n) is 1.32. The van der Waals surface area contributed by atoms with E-state index in [0.29, 0.717) is 23.4 Å². The summed E-state index contributed by atoms with van der Waals surface area (Å²) in [6, 6.07) is 4.52. The Labute approximate surface area is 113 Å². The number of rotatable bonds is 6. The van der Waals surface area contributed by atoms with Crippen LogP contribution in [0.1, 0.15) is 23.7 Å². The summed E-state index contributed by atoms with van der Waals surface area (Å²) in [5.41, 5.74) is 0.563. The minimum absolute atomic E-state index is 0.115. The maximum absolute atomic E-state index is 11.5. The highest BCUT2D eigenvalue weighted by molar-refractivity contribution is 9.10. The molecule has 6 heteroatoms. The van der Waals surface area contributed by atoms with Gasteiger partial charge in [0.05, 0.1) is 18.6 Å². The summed E-state index contributed by atoms with van der Waals surface area (Å²) < 4.78 is 5.66. The summed E-state index contributed by atoms with van der Waals surface area (Å²) >= 11 is 3.20. The van der Waals surface area contributed by atoms with E-state index < -0.39 is 5.97 Å². The van der Waals surface area contributed by atoms with Gasteiger partial charge in [0, 0.05) is 16.8 Å². The SMILES string of the molecule is CCOCCC(=O)Nc1cc(Br)cc(C(=O)O)c1. The van der Waals surface area contributed by atoms with E-state index in [9.17, 15) is 9.59 Å². The second-order valence-corrected chi connectivity index (χ2v) is 4.44. The van der Waals surface area contributed by atoms with E-state index >= 15 is 0 Å². The molecule has 0 aliphatic carbocycles. The molecule has 0 radical (unpaired) electrons. The van der Waals surface area contributed by atoms with Gasteiger partial charge in [-0.25, -0.2) is 4.79 Å². The lowest BCUT2D eigenvalue weighted by molar-refractivity contribution is -0.117. The molecule has 0 heterocycles. The first kappa shape index (κ1) is 14.7. The number of carbonyl (C=O) groups is 2. The molecule has 0 aliphatic heterocycles. The van der Waals surface area contributed by atoms with Crippen molar-refractivity contribution in [3.05, 3.63) is 28.2 Å². The van der Waals surface area contributed by atoms with Gasteiger partial charge in [-0.1, -0.05) is 15.9 Å². The molecule has 0 saturated carbocycles. The lowest BCUT2D eigenvalue weighted by atomic mass is 10.2. The number of carboxylic acids is 1. The minimum atomic E-state index is -1.04. The van der Waals surface area contributed by atoms with Crippen molar-refractivity contribution in [2.75, 3.05) is 18.5 Å². The van der Waals surface area contributed by atoms with E-state index in [2.05, 4.69) is 21.2 Å². The van der Waals surface area contributed by atoms with E-state index in [4.69, 9.17) is 9.84 Å². The summed E-state index contributed by atoms with van der Waals surface area (Å²) in [5, 5.41) is 11.5. The summed E-state index contributed by atoms with van der Waals surface area (Å²) in [4.78, 5) is 22.4. The zero-order valence-corrected chi connectivity index (χ0v) is 11.5. The Morgan fingerprint density at radius 1 is 1.39 bits per heavy atom. The monoisotopic (exact) mass is 315 g/mol. The molecule has 1 aromatic rings. The van der Waals surface area contributed by atoms with Crippen molar-refractivity contribution in [1.82, 2.24) is 0 Å². The standard InChI is InChI=1S/C12H14BrNO4/c1-2-18-4-3-11(15)14-10-6-8(12(16)17)5-9(13)7-10/h5-7H,2-4H2,1H3,(H,14,15)(H,16,17). The van der Waals surface area contributed by atoms with Gasteiger partial charge in [0.1, 0.15) is 0 Å². The van der Waals surface area contributed by atoms with Gasteiger partial charge in [-0.2, -0.15) is 0 Å². The number of anilines is 1. The smallest absolute Gasteiger partial charge is 0.335 e. The van der Waals surface area contributed by atoms with Crippen molar-refractivity contribution >= 4 is 33.5 Å². The highest BCUT2D eigenvalue weighted by atomic mass is 79.9. The molecule has 0 unspecified atom stereocenters. The number of amides is 1. The second kappa shape index (κ2) is 7.13. The number of carboxylic acid groups (broad SMARTS) is 1. The molecule has 1 amide bonds. The zero-order valence-electron chi connectivity index (χ0n) is 9.90. The first-order valence-corrected chi connectivity index (χ1v) is 6.23. The molecule has 0 atom stereocenters. The van der Waals surface area contributed by atoms with Crippen LogP contribution in [0.25, 0.3) is 0 Å². The number of ether oxygens (including phenoxy) is 1. The fraction of sp³-hybridized carbons (Fsp3) is 0.333. The third-order valence-corrected chi connectivity index (χ3v) is 2.56. The Kier molecular flexibility index (Phi) is 5.80. The molecule has 0 aromatic heterocycles. The average molecular weight is 316 g/mol. The molecule has 18 heavy (non-hydrogen) atoms. The van der Waals surface area contributed by atoms with Crippen LogP contribution in [-0.2, 0) is 9.53 Å². The van der Waals surface area contributed by atoms with Crippen LogP contribution < -0.4 is 5.32 Å². The van der Waals surface area contributed by atoms with Gasteiger partial charge >= 0.3 is 5.97 Å². The first-order chi connectivity index (χ1) is 8.52. The molecule has 0 saturated heterocycles. The second-order valence-electron chi connectivity index (χ2n) is 3.53. The fourth-order valence-corrected chi connectivity index (χ4v) is 1.81. The quantitative estimate of drug-likeness (QED) is 0.791. The lowest BCUT2D eigenvalue weighted by Gasteiger charge is -2.07. The highest BCUT2D eigenvalue weighted by Gasteiger charge is 2.08. The van der Waals surface area contributed by atoms with Crippen molar-refractivity contribution in [3.63, 3.8) is 0 Å². The van der Waals surface area contributed by atoms with Gasteiger partial charge in [0.25, 0.3) is 0 Å². The summed E-state index contributed by atoms with van der Waals surface area (Å²) in [7, 11) is 0. The van der Waals surface area contributed by atoms with Gasteiger partial charge < -0.3 is 15.2 Å². The number of nitrogens with one attached hydrogen (secondary N) is 1. The molecular formula is C12H14BrNO4. The Hall–Kier alpha value is -1.40. The largest absolute Gasteiger partial charge is 0.478 e. The molecule has 1 aromatic carbocycles. The third-order valence-electron chi connectivity index (χ3n) is 2.11. The van der Waals surface area contributed by atoms with E-state index in [0.717, 1.165) is 0 Å². The molecule has 0 spiro atoms. The normalized spacial score (nSPS) is 10.1. The minimum Gasteiger partial charge on any atom is -0.478 e. The number of hydrogen-bond donors (Lipinski definition) is 2. The maximum atomic E-state index is 11.5. The van der Waals surface area contributed by atoms with Crippen LogP contribution >= 0.6 is 15.9 Å². The number of halogens is 1. The number of aromatic carboxylic acids is 1. The number of carbonyl (C=O) groups excluding carboxylic acids is 1. The van der Waals surface area contributed by atoms with Gasteiger partial charge in [-0.05, 0) is 25.1 Å². The van der Waals surface area contributed by atoms with Crippen molar-refractivity contribution in [3.8, 4) is 0 Å². The molecule has 98 valence electrons. The van der Waals surface area contributed by atoms with Gasteiger partial charge in [-0.15, -0.1) is 0 Å². The maximum Gasteiger partial charge on any atom is 0.335 e. The average Bonchev–Trinajstić information content (AvgIpc) is 2.28. The van der Waals surface area contributed by atoms with Crippen molar-refractivity contribution in [1.29, 1.82) is 0 Å². The van der Waals surface area contributed by atoms with E-state index in [1.807, 2.05) is 6.92 Å². The van der Waals surface area contributed by atoms with E-state index in [1.54, 1.807) is 6.07 Å². The third kappa shape index (κ3) is 4.85. The molecule has 2 N–H and O–H groups in total. The van der Waals surface area contributed by atoms with E-state index in [1.165, 1.54) is 12.1 Å². The highest BCUT2D eigenvalue weighted by Crippen LogP contribution is 2.19. The Morgan fingerprint density at radius 3 is 2.72 bits per heavy atom. The predicted molar refractivity (Wildman–Crippen MR) is 70.8 cm³/mol. The van der Waals surface area contributed by atoms with Crippen LogP contribution in [0.5, 0.6) is 0 Å².